The molecule has 1 heterocycles. The third-order valence-electron chi connectivity index (χ3n) is 2.06. The molecule has 0 fully saturated rings. The molecule has 4 N–H and O–H groups in total. The van der Waals surface area contributed by atoms with Gasteiger partial charge in [0.25, 0.3) is 5.91 Å². The lowest BCUT2D eigenvalue weighted by molar-refractivity contribution is -0.140. The van der Waals surface area contributed by atoms with E-state index in [1.807, 2.05) is 5.32 Å². The summed E-state index contributed by atoms with van der Waals surface area (Å²) in [5, 5.41) is 10.5. The van der Waals surface area contributed by atoms with Crippen LogP contribution < -0.4 is 11.1 Å². The number of nitrogens with two attached hydrogens (primary N) is 1. The fourth-order valence-corrected chi connectivity index (χ4v) is 1.41. The summed E-state index contributed by atoms with van der Waals surface area (Å²) >= 11 is 5.58. The van der Waals surface area contributed by atoms with Gasteiger partial charge in [-0.25, -0.2) is 14.2 Å². The standard InChI is InChI=1S/C10H9ClFN3O4/c11-8-5(1-4(12)3-14-8)9(17)15-6(10(18)19)2-7(13)16/h1,3,6H,2H2,(H2,13,16)(H,15,17)(H,18,19)/t6-/m0/s1. The van der Waals surface area contributed by atoms with Gasteiger partial charge >= 0.3 is 5.97 Å². The zero-order valence-corrected chi connectivity index (χ0v) is 10.1. The highest BCUT2D eigenvalue weighted by Gasteiger charge is 2.24. The van der Waals surface area contributed by atoms with Gasteiger partial charge in [-0.15, -0.1) is 0 Å². The Labute approximate surface area is 111 Å². The van der Waals surface area contributed by atoms with Gasteiger partial charge in [-0.1, -0.05) is 11.6 Å². The number of primary amides is 1. The van der Waals surface area contributed by atoms with Crippen molar-refractivity contribution in [1.82, 2.24) is 10.3 Å². The normalized spacial score (nSPS) is 11.7. The van der Waals surface area contributed by atoms with Gasteiger partial charge in [0.05, 0.1) is 18.2 Å². The van der Waals surface area contributed by atoms with Crippen molar-refractivity contribution in [2.45, 2.75) is 12.5 Å². The molecule has 0 aliphatic heterocycles. The molecule has 0 unspecified atom stereocenters. The molecule has 0 saturated heterocycles. The lowest BCUT2D eigenvalue weighted by Gasteiger charge is -2.13. The van der Waals surface area contributed by atoms with Crippen LogP contribution in [0.15, 0.2) is 12.3 Å². The number of halogens is 2. The Bertz CT molecular complexity index is 538. The molecule has 0 spiro atoms. The third-order valence-corrected chi connectivity index (χ3v) is 2.36. The minimum atomic E-state index is -1.52. The van der Waals surface area contributed by atoms with Gasteiger partial charge in [0, 0.05) is 0 Å². The molecule has 102 valence electrons. The van der Waals surface area contributed by atoms with Crippen molar-refractivity contribution in [2.75, 3.05) is 0 Å². The van der Waals surface area contributed by atoms with Crippen LogP contribution in [0.3, 0.4) is 0 Å². The molecule has 1 aromatic rings. The molecule has 0 aliphatic carbocycles. The summed E-state index contributed by atoms with van der Waals surface area (Å²) in [6.07, 6.45) is 0.207. The molecule has 9 heteroatoms. The number of carboxylic acids is 1. The van der Waals surface area contributed by atoms with Gasteiger partial charge in [-0.3, -0.25) is 9.59 Å². The maximum Gasteiger partial charge on any atom is 0.326 e. The van der Waals surface area contributed by atoms with E-state index in [9.17, 15) is 18.8 Å². The monoisotopic (exact) mass is 289 g/mol. The number of aromatic nitrogens is 1. The van der Waals surface area contributed by atoms with Crippen LogP contribution in [0.4, 0.5) is 4.39 Å². The van der Waals surface area contributed by atoms with Crippen LogP contribution in [0.5, 0.6) is 0 Å². The smallest absolute Gasteiger partial charge is 0.326 e. The van der Waals surface area contributed by atoms with Crippen molar-refractivity contribution in [1.29, 1.82) is 0 Å². The average molecular weight is 290 g/mol. The first-order valence-electron chi connectivity index (χ1n) is 4.94. The van der Waals surface area contributed by atoms with Gasteiger partial charge in [0.2, 0.25) is 5.91 Å². The molecular formula is C10H9ClFN3O4. The number of hydrogen-bond donors (Lipinski definition) is 3. The fraction of sp³-hybridized carbons (Fsp3) is 0.200. The number of carbonyl (C=O) groups excluding carboxylic acids is 2. The van der Waals surface area contributed by atoms with Gasteiger partial charge < -0.3 is 16.2 Å². The number of rotatable bonds is 5. The van der Waals surface area contributed by atoms with Crippen LogP contribution >= 0.6 is 11.6 Å². The van der Waals surface area contributed by atoms with Crippen molar-refractivity contribution in [2.24, 2.45) is 5.73 Å². The minimum Gasteiger partial charge on any atom is -0.480 e. The average Bonchev–Trinajstić information content (AvgIpc) is 2.30. The molecule has 7 nitrogen and oxygen atoms in total. The molecule has 0 aromatic carbocycles. The van der Waals surface area contributed by atoms with Crippen molar-refractivity contribution in [3.8, 4) is 0 Å². The highest BCUT2D eigenvalue weighted by molar-refractivity contribution is 6.32. The molecule has 0 bridgehead atoms. The first-order chi connectivity index (χ1) is 8.81. The fourth-order valence-electron chi connectivity index (χ4n) is 1.22. The SMILES string of the molecule is NC(=O)C[C@H](NC(=O)c1cc(F)cnc1Cl)C(=O)O. The van der Waals surface area contributed by atoms with Gasteiger partial charge in [-0.2, -0.15) is 0 Å². The second kappa shape index (κ2) is 6.10. The van der Waals surface area contributed by atoms with E-state index in [0.717, 1.165) is 12.3 Å². The first kappa shape index (κ1) is 14.8. The molecular weight excluding hydrogens is 281 g/mol. The van der Waals surface area contributed by atoms with E-state index in [1.165, 1.54) is 0 Å². The summed E-state index contributed by atoms with van der Waals surface area (Å²) in [5.74, 6) is -4.13. The molecule has 1 atom stereocenters. The second-order valence-electron chi connectivity index (χ2n) is 3.53. The Morgan fingerprint density at radius 2 is 2.16 bits per heavy atom. The number of amides is 2. The summed E-state index contributed by atoms with van der Waals surface area (Å²) in [6.45, 7) is 0. The van der Waals surface area contributed by atoms with E-state index in [-0.39, 0.29) is 10.7 Å². The molecule has 0 aliphatic rings. The van der Waals surface area contributed by atoms with E-state index >= 15 is 0 Å². The Morgan fingerprint density at radius 3 is 2.68 bits per heavy atom. The zero-order chi connectivity index (χ0) is 14.6. The van der Waals surface area contributed by atoms with Crippen molar-refractivity contribution in [3.63, 3.8) is 0 Å². The molecule has 1 aromatic heterocycles. The Morgan fingerprint density at radius 1 is 1.53 bits per heavy atom. The summed E-state index contributed by atoms with van der Waals surface area (Å²) in [7, 11) is 0. The summed E-state index contributed by atoms with van der Waals surface area (Å²) in [4.78, 5) is 36.6. The maximum atomic E-state index is 12.9. The summed E-state index contributed by atoms with van der Waals surface area (Å²) < 4.78 is 12.9. The van der Waals surface area contributed by atoms with Gasteiger partial charge in [-0.05, 0) is 6.07 Å². The summed E-state index contributed by atoms with van der Waals surface area (Å²) in [5.41, 5.74) is 4.51. The van der Waals surface area contributed by atoms with E-state index in [4.69, 9.17) is 22.4 Å². The number of nitrogens with one attached hydrogen (secondary N) is 1. The lowest BCUT2D eigenvalue weighted by Crippen LogP contribution is -2.43. The number of carbonyl (C=O) groups is 3. The largest absolute Gasteiger partial charge is 0.480 e. The Balaban J connectivity index is 2.90. The lowest BCUT2D eigenvalue weighted by atomic mass is 10.1. The quantitative estimate of drug-likeness (QED) is 0.655. The highest BCUT2D eigenvalue weighted by Crippen LogP contribution is 2.13. The number of nitrogens with zero attached hydrogens (tertiary/aromatic N) is 1. The number of pyridine rings is 1. The molecule has 2 amide bonds. The predicted octanol–water partition coefficient (Wildman–Crippen LogP) is -0.0675. The van der Waals surface area contributed by atoms with Gasteiger partial charge in [0.1, 0.15) is 17.0 Å². The summed E-state index contributed by atoms with van der Waals surface area (Å²) in [6, 6.07) is -0.724. The van der Waals surface area contributed by atoms with Crippen LogP contribution in [0.1, 0.15) is 16.8 Å². The zero-order valence-electron chi connectivity index (χ0n) is 9.39. The maximum absolute atomic E-state index is 12.9. The highest BCUT2D eigenvalue weighted by atomic mass is 35.5. The molecule has 1 rings (SSSR count). The van der Waals surface area contributed by atoms with E-state index in [2.05, 4.69) is 4.98 Å². The topological polar surface area (TPSA) is 122 Å². The van der Waals surface area contributed by atoms with Crippen LogP contribution in [-0.4, -0.2) is 33.9 Å². The van der Waals surface area contributed by atoms with Crippen LogP contribution in [0.2, 0.25) is 5.15 Å². The number of carboxylic acid groups (broad SMARTS) is 1. The predicted molar refractivity (Wildman–Crippen MR) is 61.9 cm³/mol. The Kier molecular flexibility index (Phi) is 4.76. The van der Waals surface area contributed by atoms with Crippen LogP contribution in [0, 0.1) is 5.82 Å². The van der Waals surface area contributed by atoms with Crippen molar-refractivity contribution >= 4 is 29.4 Å². The van der Waals surface area contributed by atoms with E-state index < -0.39 is 36.1 Å². The van der Waals surface area contributed by atoms with Crippen LogP contribution in [0.25, 0.3) is 0 Å². The van der Waals surface area contributed by atoms with Crippen molar-refractivity contribution in [3.05, 3.63) is 28.8 Å². The Hall–Kier alpha value is -2.22. The molecule has 0 saturated carbocycles. The van der Waals surface area contributed by atoms with E-state index in [1.54, 1.807) is 0 Å². The molecule has 19 heavy (non-hydrogen) atoms. The van der Waals surface area contributed by atoms with Crippen molar-refractivity contribution < 1.29 is 23.9 Å². The third kappa shape index (κ3) is 4.18. The minimum absolute atomic E-state index is 0.290. The van der Waals surface area contributed by atoms with Gasteiger partial charge in [0.15, 0.2) is 0 Å². The number of hydrogen-bond acceptors (Lipinski definition) is 4. The molecule has 0 radical (unpaired) electrons. The van der Waals surface area contributed by atoms with Crippen LogP contribution in [-0.2, 0) is 9.59 Å². The second-order valence-corrected chi connectivity index (χ2v) is 3.88. The number of aliphatic carboxylic acids is 1. The first-order valence-corrected chi connectivity index (χ1v) is 5.32. The van der Waals surface area contributed by atoms with E-state index in [0.29, 0.717) is 0 Å².